The van der Waals surface area contributed by atoms with Crippen LogP contribution in [-0.4, -0.2) is 67.3 Å². The molecule has 0 aromatic heterocycles. The Labute approximate surface area is 263 Å². The van der Waals surface area contributed by atoms with Crippen molar-refractivity contribution in [3.05, 3.63) is 90.5 Å². The van der Waals surface area contributed by atoms with E-state index >= 15 is 0 Å². The highest BCUT2D eigenvalue weighted by molar-refractivity contribution is 5.88. The highest BCUT2D eigenvalue weighted by Crippen LogP contribution is 2.42. The molecule has 8 heteroatoms. The molecule has 1 aliphatic carbocycles. The molecule has 3 rings (SSSR count). The second kappa shape index (κ2) is 17.7. The van der Waals surface area contributed by atoms with Crippen molar-refractivity contribution >= 4 is 11.8 Å². The summed E-state index contributed by atoms with van der Waals surface area (Å²) in [6, 6.07) is 14.4. The number of methoxy groups -OCH3 is 1. The molecule has 0 aliphatic heterocycles. The number of fused-ring (bicyclic) bond motifs is 1. The molecule has 0 heterocycles. The normalized spacial score (nSPS) is 18.4. The van der Waals surface area contributed by atoms with Crippen molar-refractivity contribution < 1.29 is 24.2 Å². The minimum atomic E-state index is -0.907. The van der Waals surface area contributed by atoms with Crippen molar-refractivity contribution in [1.82, 2.24) is 15.5 Å². The number of ether oxygens (including phenoxy) is 2. The molecule has 1 aliphatic rings. The number of likely N-dealkylation sites (N-methyl/N-ethyl adjacent to an activating group) is 1. The number of amides is 2. The predicted molar refractivity (Wildman–Crippen MR) is 175 cm³/mol. The molecule has 0 spiro atoms. The van der Waals surface area contributed by atoms with E-state index in [2.05, 4.69) is 30.7 Å². The van der Waals surface area contributed by atoms with Crippen LogP contribution in [-0.2, 0) is 20.7 Å². The quantitative estimate of drug-likeness (QED) is 0.188. The van der Waals surface area contributed by atoms with Crippen molar-refractivity contribution in [3.63, 3.8) is 0 Å². The van der Waals surface area contributed by atoms with E-state index in [1.54, 1.807) is 26.3 Å². The molecule has 3 N–H and O–H groups in total. The molecule has 6 atom stereocenters. The van der Waals surface area contributed by atoms with E-state index < -0.39 is 18.2 Å². The summed E-state index contributed by atoms with van der Waals surface area (Å²) in [5, 5.41) is 18.1. The number of aliphatic hydroxyl groups excluding tert-OH is 1. The molecule has 8 nitrogen and oxygen atoms in total. The van der Waals surface area contributed by atoms with Crippen LogP contribution in [0.15, 0.2) is 73.8 Å². The van der Waals surface area contributed by atoms with Crippen LogP contribution in [0.5, 0.6) is 5.75 Å². The van der Waals surface area contributed by atoms with E-state index in [9.17, 15) is 14.7 Å². The average molecular weight is 606 g/mol. The lowest BCUT2D eigenvalue weighted by Crippen LogP contribution is -2.55. The Morgan fingerprint density at radius 1 is 1.14 bits per heavy atom. The fourth-order valence-electron chi connectivity index (χ4n) is 5.85. The summed E-state index contributed by atoms with van der Waals surface area (Å²) in [6.45, 7) is 12.3. The monoisotopic (exact) mass is 605 g/mol. The van der Waals surface area contributed by atoms with Gasteiger partial charge in [-0.05, 0) is 54.5 Å². The van der Waals surface area contributed by atoms with E-state index in [0.29, 0.717) is 25.9 Å². The first-order valence-corrected chi connectivity index (χ1v) is 15.8. The van der Waals surface area contributed by atoms with Crippen LogP contribution in [0.4, 0.5) is 0 Å². The molecule has 0 fully saturated rings. The third-order valence-corrected chi connectivity index (χ3v) is 8.47. The summed E-state index contributed by atoms with van der Waals surface area (Å²) in [5.41, 5.74) is 3.14. The van der Waals surface area contributed by atoms with E-state index in [-0.39, 0.29) is 36.4 Å². The van der Waals surface area contributed by atoms with Gasteiger partial charge in [0, 0.05) is 25.6 Å². The van der Waals surface area contributed by atoms with E-state index in [0.717, 1.165) is 41.7 Å². The van der Waals surface area contributed by atoms with Gasteiger partial charge in [-0.2, -0.15) is 0 Å². The van der Waals surface area contributed by atoms with Gasteiger partial charge in [0.1, 0.15) is 11.8 Å². The minimum Gasteiger partial charge on any atom is -0.497 e. The first-order chi connectivity index (χ1) is 21.2. The second-order valence-electron chi connectivity index (χ2n) is 11.7. The molecular formula is C36H51N3O5. The number of nitrogens with one attached hydrogen (secondary N) is 2. The van der Waals surface area contributed by atoms with E-state index in [1.807, 2.05) is 55.5 Å². The molecule has 240 valence electrons. The van der Waals surface area contributed by atoms with Crippen molar-refractivity contribution in [1.29, 1.82) is 0 Å². The number of nitrogens with zero attached hydrogens (tertiary/aromatic N) is 1. The van der Waals surface area contributed by atoms with E-state index in [1.165, 1.54) is 4.90 Å². The lowest BCUT2D eigenvalue weighted by Gasteiger charge is -2.32. The topological polar surface area (TPSA) is 100 Å². The van der Waals surface area contributed by atoms with Crippen LogP contribution in [0.3, 0.4) is 0 Å². The summed E-state index contributed by atoms with van der Waals surface area (Å²) >= 11 is 0. The Hall–Kier alpha value is -3.46. The van der Waals surface area contributed by atoms with Gasteiger partial charge in [-0.3, -0.25) is 9.59 Å². The zero-order chi connectivity index (χ0) is 32.1. The van der Waals surface area contributed by atoms with Gasteiger partial charge in [-0.15, -0.1) is 13.2 Å². The second-order valence-corrected chi connectivity index (χ2v) is 11.7. The number of benzene rings is 2. The third kappa shape index (κ3) is 9.52. The molecule has 0 radical (unpaired) electrons. The van der Waals surface area contributed by atoms with Crippen molar-refractivity contribution in [3.8, 4) is 5.75 Å². The summed E-state index contributed by atoms with van der Waals surface area (Å²) in [4.78, 5) is 28.5. The number of carbonyl (C=O) groups excluding carboxylic acids is 2. The molecule has 0 bridgehead atoms. The highest BCUT2D eigenvalue weighted by atomic mass is 16.5. The van der Waals surface area contributed by atoms with Crippen LogP contribution in [0.1, 0.15) is 74.8 Å². The van der Waals surface area contributed by atoms with Crippen molar-refractivity contribution in [2.45, 2.75) is 82.7 Å². The smallest absolute Gasteiger partial charge is 0.243 e. The maximum Gasteiger partial charge on any atom is 0.243 e. The summed E-state index contributed by atoms with van der Waals surface area (Å²) in [7, 11) is 3.32. The molecule has 0 saturated heterocycles. The Kier molecular flexibility index (Phi) is 14.1. The molecule has 2 aromatic rings. The Balaban J connectivity index is 1.77. The largest absolute Gasteiger partial charge is 0.497 e. The third-order valence-electron chi connectivity index (χ3n) is 8.47. The van der Waals surface area contributed by atoms with Gasteiger partial charge in [0.25, 0.3) is 0 Å². The van der Waals surface area contributed by atoms with E-state index in [4.69, 9.17) is 9.47 Å². The Morgan fingerprint density at radius 3 is 2.55 bits per heavy atom. The highest BCUT2D eigenvalue weighted by Gasteiger charge is 2.34. The average Bonchev–Trinajstić information content (AvgIpc) is 3.39. The van der Waals surface area contributed by atoms with Gasteiger partial charge in [0.05, 0.1) is 32.0 Å². The molecular weight excluding hydrogens is 554 g/mol. The summed E-state index contributed by atoms with van der Waals surface area (Å²) < 4.78 is 11.5. The zero-order valence-corrected chi connectivity index (χ0v) is 26.8. The number of aliphatic hydroxyl groups is 1. The number of rotatable bonds is 19. The lowest BCUT2D eigenvalue weighted by atomic mass is 9.98. The van der Waals surface area contributed by atoms with Gasteiger partial charge < -0.3 is 30.1 Å². The maximum atomic E-state index is 13.7. The van der Waals surface area contributed by atoms with Gasteiger partial charge in [-0.25, -0.2) is 0 Å². The van der Waals surface area contributed by atoms with Gasteiger partial charge in [-0.1, -0.05) is 75.2 Å². The summed E-state index contributed by atoms with van der Waals surface area (Å²) in [5.74, 6) is 0.205. The minimum absolute atomic E-state index is 0.0640. The fraction of sp³-hybridized carbons (Fsp3) is 0.500. The number of hydrogen-bond donors (Lipinski definition) is 3. The maximum absolute atomic E-state index is 13.7. The summed E-state index contributed by atoms with van der Waals surface area (Å²) in [6.07, 6.45) is 6.57. The van der Waals surface area contributed by atoms with Crippen LogP contribution < -0.4 is 15.4 Å². The molecule has 44 heavy (non-hydrogen) atoms. The molecule has 2 amide bonds. The van der Waals surface area contributed by atoms with Gasteiger partial charge in [0.15, 0.2) is 0 Å². The molecule has 0 unspecified atom stereocenters. The Bertz CT molecular complexity index is 1220. The first kappa shape index (κ1) is 35.0. The molecule has 2 aromatic carbocycles. The van der Waals surface area contributed by atoms with Crippen molar-refractivity contribution in [2.24, 2.45) is 5.92 Å². The van der Waals surface area contributed by atoms with Gasteiger partial charge in [0.2, 0.25) is 11.8 Å². The fourth-order valence-corrected chi connectivity index (χ4v) is 5.85. The SMILES string of the molecule is C=CCO[C@@H]1C[C@H](NC[C@H](O)[C@H](Cc2ccccc2)NC(=O)[C@H](CC=C)N(C)C(=O)[C@@H](C)CCCC)c2cc(OC)ccc21. The van der Waals surface area contributed by atoms with Gasteiger partial charge >= 0.3 is 0 Å². The van der Waals surface area contributed by atoms with Crippen LogP contribution in [0, 0.1) is 5.92 Å². The van der Waals surface area contributed by atoms with Crippen LogP contribution >= 0.6 is 0 Å². The number of carbonyl (C=O) groups is 2. The van der Waals surface area contributed by atoms with Crippen LogP contribution in [0.25, 0.3) is 0 Å². The number of unbranched alkanes of at least 4 members (excludes halogenated alkanes) is 1. The first-order valence-electron chi connectivity index (χ1n) is 15.8. The number of hydrogen-bond acceptors (Lipinski definition) is 6. The Morgan fingerprint density at radius 2 is 1.89 bits per heavy atom. The van der Waals surface area contributed by atoms with Crippen molar-refractivity contribution in [2.75, 3.05) is 27.3 Å². The standard InChI is InChI=1S/C36H51N3O5/c1-7-10-15-25(4)36(42)39(5)32(14-8-2)35(41)38-31(21-26-16-12-11-13-17-26)33(40)24-37-30-23-34(44-20-9-3)28-19-18-27(43-6)22-29(28)30/h8-9,11-13,16-19,22,25,30-34,37,40H,2-3,7,10,14-15,20-21,23-24H2,1,4-6H3,(H,38,41)/t25-,30-,31-,32-,33-,34+/m0/s1. The van der Waals surface area contributed by atoms with Crippen LogP contribution in [0.2, 0.25) is 0 Å². The predicted octanol–water partition coefficient (Wildman–Crippen LogP) is 5.29. The lowest BCUT2D eigenvalue weighted by molar-refractivity contribution is -0.142. The zero-order valence-electron chi connectivity index (χ0n) is 26.8. The molecule has 0 saturated carbocycles.